The third kappa shape index (κ3) is 2.74. The first kappa shape index (κ1) is 13.5. The van der Waals surface area contributed by atoms with E-state index in [-0.39, 0.29) is 23.5 Å². The third-order valence-electron chi connectivity index (χ3n) is 2.65. The molecule has 0 bridgehead atoms. The molecule has 1 amide bonds. The lowest BCUT2D eigenvalue weighted by molar-refractivity contribution is -0.385. The highest BCUT2D eigenvalue weighted by atomic mass is 16.6. The van der Waals surface area contributed by atoms with Crippen LogP contribution in [0.25, 0.3) is 0 Å². The Labute approximate surface area is 113 Å². The number of ether oxygens (including phenoxy) is 1. The molecule has 2 aromatic rings. The van der Waals surface area contributed by atoms with Crippen molar-refractivity contribution < 1.29 is 14.5 Å². The Hall–Kier alpha value is -2.90. The first-order valence-electron chi connectivity index (χ1n) is 5.70. The fourth-order valence-electron chi connectivity index (χ4n) is 1.71. The van der Waals surface area contributed by atoms with Gasteiger partial charge in [0.2, 0.25) is 5.75 Å². The summed E-state index contributed by atoms with van der Waals surface area (Å²) in [4.78, 5) is 22.3. The van der Waals surface area contributed by atoms with Crippen molar-refractivity contribution in [2.24, 2.45) is 0 Å². The first-order chi connectivity index (χ1) is 9.63. The quantitative estimate of drug-likeness (QED) is 0.631. The zero-order chi connectivity index (χ0) is 14.5. The summed E-state index contributed by atoms with van der Waals surface area (Å²) < 4.78 is 4.97. The van der Waals surface area contributed by atoms with Gasteiger partial charge in [0.15, 0.2) is 0 Å². The fraction of sp³-hybridized carbons (Fsp3) is 0.167. The Morgan fingerprint density at radius 3 is 2.95 bits per heavy atom. The second kappa shape index (κ2) is 5.83. The summed E-state index contributed by atoms with van der Waals surface area (Å²) in [6.45, 7) is 0.265. The monoisotopic (exact) mass is 276 g/mol. The van der Waals surface area contributed by atoms with E-state index in [4.69, 9.17) is 4.74 Å². The van der Waals surface area contributed by atoms with E-state index in [1.54, 1.807) is 12.4 Å². The van der Waals surface area contributed by atoms with Gasteiger partial charge in [-0.1, -0.05) is 6.07 Å². The molecule has 0 aliphatic rings. The van der Waals surface area contributed by atoms with Crippen molar-refractivity contribution in [3.63, 3.8) is 0 Å². The standard InChI is InChI=1S/C12H12N4O4/c1-20-11-9(3-2-4-10(11)16(18)19)12(17)13-5-8-6-14-15-7-8/h2-4,6-7H,5H2,1H3,(H,13,17)(H,14,15). The number of nitrogens with one attached hydrogen (secondary N) is 2. The fourth-order valence-corrected chi connectivity index (χ4v) is 1.71. The molecule has 0 fully saturated rings. The maximum Gasteiger partial charge on any atom is 0.311 e. The Bertz CT molecular complexity index is 624. The van der Waals surface area contributed by atoms with Crippen molar-refractivity contribution in [1.29, 1.82) is 0 Å². The number of nitro groups is 1. The van der Waals surface area contributed by atoms with Gasteiger partial charge in [0.1, 0.15) is 0 Å². The highest BCUT2D eigenvalue weighted by Crippen LogP contribution is 2.30. The van der Waals surface area contributed by atoms with Gasteiger partial charge in [0.05, 0.1) is 23.8 Å². The van der Waals surface area contributed by atoms with Crippen LogP contribution < -0.4 is 10.1 Å². The molecule has 20 heavy (non-hydrogen) atoms. The number of amides is 1. The number of aromatic nitrogens is 2. The molecule has 0 spiro atoms. The number of carbonyl (C=O) groups is 1. The maximum atomic E-state index is 12.1. The number of para-hydroxylation sites is 1. The Balaban J connectivity index is 2.21. The highest BCUT2D eigenvalue weighted by Gasteiger charge is 2.22. The van der Waals surface area contributed by atoms with Crippen LogP contribution in [0, 0.1) is 10.1 Å². The Kier molecular flexibility index (Phi) is 3.94. The van der Waals surface area contributed by atoms with Crippen LogP contribution >= 0.6 is 0 Å². The van der Waals surface area contributed by atoms with Gasteiger partial charge in [-0.15, -0.1) is 0 Å². The van der Waals surface area contributed by atoms with Crippen LogP contribution in [0.3, 0.4) is 0 Å². The smallest absolute Gasteiger partial charge is 0.311 e. The Morgan fingerprint density at radius 1 is 1.55 bits per heavy atom. The minimum Gasteiger partial charge on any atom is -0.490 e. The third-order valence-corrected chi connectivity index (χ3v) is 2.65. The number of rotatable bonds is 5. The van der Waals surface area contributed by atoms with Crippen molar-refractivity contribution in [1.82, 2.24) is 15.5 Å². The summed E-state index contributed by atoms with van der Waals surface area (Å²) in [7, 11) is 1.29. The molecule has 8 nitrogen and oxygen atoms in total. The van der Waals surface area contributed by atoms with Crippen LogP contribution in [-0.4, -0.2) is 28.1 Å². The number of hydrogen-bond acceptors (Lipinski definition) is 5. The zero-order valence-corrected chi connectivity index (χ0v) is 10.6. The molecular weight excluding hydrogens is 264 g/mol. The summed E-state index contributed by atoms with van der Waals surface area (Å²) in [6.07, 6.45) is 3.22. The lowest BCUT2D eigenvalue weighted by Crippen LogP contribution is -2.23. The van der Waals surface area contributed by atoms with Crippen LogP contribution in [0.5, 0.6) is 5.75 Å². The number of methoxy groups -OCH3 is 1. The first-order valence-corrected chi connectivity index (χ1v) is 5.70. The van der Waals surface area contributed by atoms with Crippen LogP contribution in [0.2, 0.25) is 0 Å². The van der Waals surface area contributed by atoms with Crippen LogP contribution in [0.1, 0.15) is 15.9 Å². The van der Waals surface area contributed by atoms with E-state index < -0.39 is 10.8 Å². The van der Waals surface area contributed by atoms with Crippen LogP contribution in [-0.2, 0) is 6.54 Å². The molecule has 8 heteroatoms. The molecule has 0 saturated heterocycles. The van der Waals surface area contributed by atoms with Gasteiger partial charge in [-0.3, -0.25) is 20.0 Å². The molecule has 0 radical (unpaired) electrons. The van der Waals surface area contributed by atoms with E-state index in [0.29, 0.717) is 0 Å². The van der Waals surface area contributed by atoms with Crippen molar-refractivity contribution in [3.05, 3.63) is 51.8 Å². The summed E-state index contributed by atoms with van der Waals surface area (Å²) in [5.41, 5.74) is 0.663. The number of hydrogen-bond donors (Lipinski definition) is 2. The molecule has 1 heterocycles. The molecule has 2 N–H and O–H groups in total. The predicted molar refractivity (Wildman–Crippen MR) is 69.4 cm³/mol. The summed E-state index contributed by atoms with van der Waals surface area (Å²) >= 11 is 0. The normalized spacial score (nSPS) is 10.1. The van der Waals surface area contributed by atoms with Crippen LogP contribution in [0.4, 0.5) is 5.69 Å². The highest BCUT2D eigenvalue weighted by molar-refractivity contribution is 5.98. The number of benzene rings is 1. The van der Waals surface area contributed by atoms with Gasteiger partial charge in [0.25, 0.3) is 5.91 Å². The molecule has 0 atom stereocenters. The van der Waals surface area contributed by atoms with Gasteiger partial charge in [0, 0.05) is 24.4 Å². The molecule has 1 aromatic carbocycles. The van der Waals surface area contributed by atoms with Gasteiger partial charge in [-0.25, -0.2) is 0 Å². The van der Waals surface area contributed by atoms with E-state index in [1.807, 2.05) is 0 Å². The SMILES string of the molecule is COc1c(C(=O)NCc2cn[nH]c2)cccc1[N+](=O)[O-]. The van der Waals surface area contributed by atoms with E-state index in [9.17, 15) is 14.9 Å². The van der Waals surface area contributed by atoms with Gasteiger partial charge in [-0.05, 0) is 6.07 Å². The molecule has 0 aliphatic carbocycles. The number of aromatic amines is 1. The van der Waals surface area contributed by atoms with Gasteiger partial charge < -0.3 is 10.1 Å². The number of carbonyl (C=O) groups excluding carboxylic acids is 1. The number of H-pyrrole nitrogens is 1. The molecule has 2 rings (SSSR count). The minimum atomic E-state index is -0.592. The molecule has 1 aromatic heterocycles. The summed E-state index contributed by atoms with van der Waals surface area (Å²) in [6, 6.07) is 4.19. The van der Waals surface area contributed by atoms with Crippen molar-refractivity contribution in [2.75, 3.05) is 7.11 Å². The van der Waals surface area contributed by atoms with E-state index in [2.05, 4.69) is 15.5 Å². The summed E-state index contributed by atoms with van der Waals surface area (Å²) in [5.74, 6) is -0.506. The summed E-state index contributed by atoms with van der Waals surface area (Å²) in [5, 5.41) is 19.9. The van der Waals surface area contributed by atoms with E-state index in [1.165, 1.54) is 25.3 Å². The van der Waals surface area contributed by atoms with Gasteiger partial charge >= 0.3 is 5.69 Å². The van der Waals surface area contributed by atoms with Crippen molar-refractivity contribution in [3.8, 4) is 5.75 Å². The average Bonchev–Trinajstić information content (AvgIpc) is 2.97. The van der Waals surface area contributed by atoms with Crippen molar-refractivity contribution in [2.45, 2.75) is 6.54 Å². The molecule has 0 saturated carbocycles. The van der Waals surface area contributed by atoms with E-state index >= 15 is 0 Å². The lowest BCUT2D eigenvalue weighted by Gasteiger charge is -2.08. The second-order valence-corrected chi connectivity index (χ2v) is 3.90. The van der Waals surface area contributed by atoms with Gasteiger partial charge in [-0.2, -0.15) is 5.10 Å². The second-order valence-electron chi connectivity index (χ2n) is 3.90. The predicted octanol–water partition coefficient (Wildman–Crippen LogP) is 1.26. The number of nitrogens with zero attached hydrogens (tertiary/aromatic N) is 2. The zero-order valence-electron chi connectivity index (χ0n) is 10.6. The van der Waals surface area contributed by atoms with Crippen molar-refractivity contribution >= 4 is 11.6 Å². The molecule has 0 unspecified atom stereocenters. The number of nitro benzene ring substituents is 1. The average molecular weight is 276 g/mol. The topological polar surface area (TPSA) is 110 Å². The maximum absolute atomic E-state index is 12.1. The minimum absolute atomic E-state index is 0.0535. The van der Waals surface area contributed by atoms with E-state index in [0.717, 1.165) is 5.56 Å². The molecule has 0 aliphatic heterocycles. The lowest BCUT2D eigenvalue weighted by atomic mass is 10.1. The molecule has 104 valence electrons. The van der Waals surface area contributed by atoms with Crippen LogP contribution in [0.15, 0.2) is 30.6 Å². The molecular formula is C12H12N4O4. The Morgan fingerprint density at radius 2 is 2.35 bits per heavy atom. The largest absolute Gasteiger partial charge is 0.490 e.